The first-order chi connectivity index (χ1) is 13.8. The minimum Gasteiger partial charge on any atom is -0.348 e. The molecule has 29 heavy (non-hydrogen) atoms. The molecular weight excluding hydrogens is 364 g/mol. The Bertz CT molecular complexity index is 1080. The Hall–Kier alpha value is -2.94. The largest absolute Gasteiger partial charge is 0.348 e. The Morgan fingerprint density at radius 2 is 2.00 bits per heavy atom. The number of aryl methyl sites for hydroxylation is 2. The van der Waals surface area contributed by atoms with Gasteiger partial charge in [0.1, 0.15) is 18.2 Å². The molecule has 0 atom stereocenters. The molecule has 2 aromatic heterocycles. The van der Waals surface area contributed by atoms with E-state index in [0.717, 1.165) is 29.0 Å². The maximum atomic E-state index is 12.9. The monoisotopic (exact) mass is 392 g/mol. The molecule has 6 nitrogen and oxygen atoms in total. The zero-order valence-electron chi connectivity index (χ0n) is 17.7. The zero-order valence-corrected chi connectivity index (χ0v) is 17.7. The van der Waals surface area contributed by atoms with E-state index in [9.17, 15) is 14.9 Å². The summed E-state index contributed by atoms with van der Waals surface area (Å²) in [6, 6.07) is 3.83. The lowest BCUT2D eigenvalue weighted by atomic mass is 9.97. The van der Waals surface area contributed by atoms with Crippen LogP contribution < -0.4 is 5.56 Å². The average molecular weight is 393 g/mol. The molecule has 0 saturated heterocycles. The minimum atomic E-state index is -0.512. The third kappa shape index (κ3) is 4.24. The van der Waals surface area contributed by atoms with E-state index in [-0.39, 0.29) is 17.9 Å². The molecular formula is C23H28N4O2. The van der Waals surface area contributed by atoms with Crippen LogP contribution in [0.5, 0.6) is 0 Å². The van der Waals surface area contributed by atoms with E-state index < -0.39 is 5.56 Å². The molecule has 1 aliphatic rings. The fraction of sp³-hybridized carbons (Fsp3) is 0.478. The molecule has 0 N–H and O–H groups in total. The second-order valence-electron chi connectivity index (χ2n) is 7.88. The van der Waals surface area contributed by atoms with E-state index in [4.69, 9.17) is 0 Å². The number of carbonyl (C=O) groups is 1. The van der Waals surface area contributed by atoms with E-state index in [1.807, 2.05) is 26.0 Å². The second-order valence-corrected chi connectivity index (χ2v) is 7.88. The minimum absolute atomic E-state index is 0.0523. The number of rotatable bonds is 6. The number of nitrogens with zero attached hydrogens (tertiary/aromatic N) is 4. The van der Waals surface area contributed by atoms with Crippen molar-refractivity contribution in [3.8, 4) is 6.07 Å². The first-order valence-electron chi connectivity index (χ1n) is 10.2. The van der Waals surface area contributed by atoms with Gasteiger partial charge in [0.2, 0.25) is 0 Å². The van der Waals surface area contributed by atoms with Gasteiger partial charge in [0, 0.05) is 23.5 Å². The summed E-state index contributed by atoms with van der Waals surface area (Å²) in [6.45, 7) is 8.09. The van der Waals surface area contributed by atoms with E-state index >= 15 is 0 Å². The number of ketones is 1. The van der Waals surface area contributed by atoms with E-state index in [1.165, 1.54) is 31.3 Å². The summed E-state index contributed by atoms with van der Waals surface area (Å²) in [7, 11) is 0. The summed E-state index contributed by atoms with van der Waals surface area (Å²) >= 11 is 0. The van der Waals surface area contributed by atoms with Crippen LogP contribution in [0, 0.1) is 39.0 Å². The van der Waals surface area contributed by atoms with Crippen LogP contribution in [0.3, 0.4) is 0 Å². The predicted octanol–water partition coefficient (Wildman–Crippen LogP) is 3.92. The Morgan fingerprint density at radius 3 is 2.66 bits per heavy atom. The molecule has 152 valence electrons. The van der Waals surface area contributed by atoms with Crippen molar-refractivity contribution in [2.24, 2.45) is 0 Å². The number of nitriles is 1. The van der Waals surface area contributed by atoms with Crippen molar-refractivity contribution in [3.63, 3.8) is 0 Å². The van der Waals surface area contributed by atoms with Gasteiger partial charge in [0.15, 0.2) is 5.78 Å². The van der Waals surface area contributed by atoms with Gasteiger partial charge in [0.25, 0.3) is 5.56 Å². The number of carbonyl (C=O) groups excluding carboxylic acids is 1. The van der Waals surface area contributed by atoms with Gasteiger partial charge in [-0.2, -0.15) is 10.4 Å². The Morgan fingerprint density at radius 1 is 1.24 bits per heavy atom. The van der Waals surface area contributed by atoms with Gasteiger partial charge < -0.3 is 4.57 Å². The summed E-state index contributed by atoms with van der Waals surface area (Å²) in [4.78, 5) is 25.4. The quantitative estimate of drug-likeness (QED) is 0.551. The number of hydrogen-bond acceptors (Lipinski definition) is 4. The SMILES string of the molecule is Cc1nn(CC(=O)c2cc(C)n(CCC3=CCCCC3)c2C)c(=O)c(C#N)c1C. The van der Waals surface area contributed by atoms with Gasteiger partial charge in [-0.25, -0.2) is 4.68 Å². The smallest absolute Gasteiger partial charge is 0.285 e. The van der Waals surface area contributed by atoms with Crippen LogP contribution >= 0.6 is 0 Å². The molecule has 2 aromatic rings. The van der Waals surface area contributed by atoms with Crippen molar-refractivity contribution < 1.29 is 4.79 Å². The van der Waals surface area contributed by atoms with Gasteiger partial charge >= 0.3 is 0 Å². The lowest BCUT2D eigenvalue weighted by molar-refractivity contribution is 0.0964. The van der Waals surface area contributed by atoms with Crippen LogP contribution in [-0.4, -0.2) is 20.1 Å². The lowest BCUT2D eigenvalue weighted by Gasteiger charge is -2.15. The first-order valence-corrected chi connectivity index (χ1v) is 10.2. The third-order valence-electron chi connectivity index (χ3n) is 5.96. The average Bonchev–Trinajstić information content (AvgIpc) is 2.99. The summed E-state index contributed by atoms with van der Waals surface area (Å²) < 4.78 is 3.29. The summed E-state index contributed by atoms with van der Waals surface area (Å²) in [5.41, 5.74) is 4.77. The van der Waals surface area contributed by atoms with Crippen LogP contribution in [0.15, 0.2) is 22.5 Å². The molecule has 0 unspecified atom stereocenters. The highest BCUT2D eigenvalue weighted by Gasteiger charge is 2.19. The summed E-state index contributed by atoms with van der Waals surface area (Å²) in [5, 5.41) is 13.5. The molecule has 3 rings (SSSR count). The van der Waals surface area contributed by atoms with Crippen molar-refractivity contribution in [2.75, 3.05) is 0 Å². The topological polar surface area (TPSA) is 80.7 Å². The van der Waals surface area contributed by atoms with Gasteiger partial charge in [0.05, 0.1) is 5.69 Å². The number of hydrogen-bond donors (Lipinski definition) is 0. The maximum Gasteiger partial charge on any atom is 0.285 e. The zero-order chi connectivity index (χ0) is 21.1. The van der Waals surface area contributed by atoms with Crippen molar-refractivity contribution in [1.82, 2.24) is 14.3 Å². The normalized spacial score (nSPS) is 13.8. The molecule has 0 aromatic carbocycles. The molecule has 0 saturated carbocycles. The highest BCUT2D eigenvalue weighted by molar-refractivity contribution is 5.97. The number of allylic oxidation sites excluding steroid dienone is 2. The van der Waals surface area contributed by atoms with Crippen molar-refractivity contribution in [1.29, 1.82) is 5.26 Å². The van der Waals surface area contributed by atoms with E-state index in [0.29, 0.717) is 16.8 Å². The standard InChI is InChI=1S/C23H28N4O2/c1-15-12-20(18(4)26(15)11-10-19-8-6-5-7-9-19)22(28)14-27-23(29)21(13-24)16(2)17(3)25-27/h8,12H,5-7,9-11,14H2,1-4H3. The van der Waals surface area contributed by atoms with Crippen molar-refractivity contribution in [2.45, 2.75) is 72.9 Å². The second kappa shape index (κ2) is 8.60. The molecule has 0 bridgehead atoms. The van der Waals surface area contributed by atoms with Crippen LogP contribution in [0.25, 0.3) is 0 Å². The van der Waals surface area contributed by atoms with Gasteiger partial charge in [-0.15, -0.1) is 0 Å². The number of Topliss-reactive ketones (excluding diaryl/α,β-unsaturated/α-hetero) is 1. The highest BCUT2D eigenvalue weighted by Crippen LogP contribution is 2.23. The first kappa shape index (κ1) is 20.8. The van der Waals surface area contributed by atoms with Gasteiger partial charge in [-0.3, -0.25) is 9.59 Å². The van der Waals surface area contributed by atoms with Crippen LogP contribution in [-0.2, 0) is 13.1 Å². The van der Waals surface area contributed by atoms with Gasteiger partial charge in [-0.1, -0.05) is 11.6 Å². The predicted molar refractivity (Wildman–Crippen MR) is 112 cm³/mol. The van der Waals surface area contributed by atoms with Crippen molar-refractivity contribution in [3.05, 3.63) is 61.8 Å². The molecule has 0 fully saturated rings. The molecule has 0 amide bonds. The number of aromatic nitrogens is 3. The third-order valence-corrected chi connectivity index (χ3v) is 5.96. The lowest BCUT2D eigenvalue weighted by Crippen LogP contribution is -2.30. The van der Waals surface area contributed by atoms with Gasteiger partial charge in [-0.05, 0) is 71.4 Å². The van der Waals surface area contributed by atoms with Crippen molar-refractivity contribution >= 4 is 5.78 Å². The van der Waals surface area contributed by atoms with E-state index in [2.05, 4.69) is 15.7 Å². The summed E-state index contributed by atoms with van der Waals surface area (Å²) in [6.07, 6.45) is 8.26. The molecule has 2 heterocycles. The fourth-order valence-corrected chi connectivity index (χ4v) is 4.05. The van der Waals surface area contributed by atoms with Crippen LogP contribution in [0.1, 0.15) is 70.7 Å². The molecule has 6 heteroatoms. The molecule has 0 aliphatic heterocycles. The van der Waals surface area contributed by atoms with Crippen LogP contribution in [0.4, 0.5) is 0 Å². The Balaban J connectivity index is 1.82. The Labute approximate surface area is 171 Å². The van der Waals surface area contributed by atoms with Crippen LogP contribution in [0.2, 0.25) is 0 Å². The highest BCUT2D eigenvalue weighted by atomic mass is 16.1. The Kier molecular flexibility index (Phi) is 6.17. The molecule has 0 radical (unpaired) electrons. The molecule has 0 spiro atoms. The maximum absolute atomic E-state index is 12.9. The summed E-state index contributed by atoms with van der Waals surface area (Å²) in [5.74, 6) is -0.164. The molecule has 1 aliphatic carbocycles. The fourth-order valence-electron chi connectivity index (χ4n) is 4.05. The van der Waals surface area contributed by atoms with E-state index in [1.54, 1.807) is 13.8 Å².